The quantitative estimate of drug-likeness (QED) is 0.759. The SMILES string of the molecule is CCCOc1ccc(Oc2c(C=O)c(C)nn2C)cc1. The van der Waals surface area contributed by atoms with Gasteiger partial charge in [-0.3, -0.25) is 4.79 Å². The van der Waals surface area contributed by atoms with Crippen molar-refractivity contribution in [2.45, 2.75) is 20.3 Å². The number of aryl methyl sites for hydroxylation is 2. The molecule has 0 aliphatic carbocycles. The van der Waals surface area contributed by atoms with Crippen LogP contribution in [0.2, 0.25) is 0 Å². The topological polar surface area (TPSA) is 53.4 Å². The summed E-state index contributed by atoms with van der Waals surface area (Å²) < 4.78 is 12.8. The van der Waals surface area contributed by atoms with Crippen LogP contribution < -0.4 is 9.47 Å². The van der Waals surface area contributed by atoms with E-state index in [1.54, 1.807) is 18.7 Å². The fraction of sp³-hybridized carbons (Fsp3) is 0.333. The summed E-state index contributed by atoms with van der Waals surface area (Å²) in [5, 5.41) is 4.17. The summed E-state index contributed by atoms with van der Waals surface area (Å²) in [6.45, 7) is 4.53. The lowest BCUT2D eigenvalue weighted by molar-refractivity contribution is 0.112. The number of aldehydes is 1. The van der Waals surface area contributed by atoms with Gasteiger partial charge in [-0.25, -0.2) is 4.68 Å². The predicted octanol–water partition coefficient (Wildman–Crippen LogP) is 3.12. The van der Waals surface area contributed by atoms with Crippen molar-refractivity contribution in [3.8, 4) is 17.4 Å². The molecule has 0 atom stereocenters. The highest BCUT2D eigenvalue weighted by Crippen LogP contribution is 2.27. The molecule has 0 aliphatic rings. The molecule has 0 radical (unpaired) electrons. The molecular weight excluding hydrogens is 256 g/mol. The first kappa shape index (κ1) is 14.1. The van der Waals surface area contributed by atoms with E-state index in [1.165, 1.54) is 0 Å². The van der Waals surface area contributed by atoms with Gasteiger partial charge in [0.05, 0.1) is 17.9 Å². The van der Waals surface area contributed by atoms with Crippen LogP contribution >= 0.6 is 0 Å². The summed E-state index contributed by atoms with van der Waals surface area (Å²) in [6, 6.07) is 7.30. The van der Waals surface area contributed by atoms with Crippen molar-refractivity contribution in [1.29, 1.82) is 0 Å². The number of ether oxygens (including phenoxy) is 2. The summed E-state index contributed by atoms with van der Waals surface area (Å²) in [4.78, 5) is 11.1. The first-order valence-electron chi connectivity index (χ1n) is 6.55. The normalized spacial score (nSPS) is 10.3. The molecule has 1 heterocycles. The molecule has 0 saturated carbocycles. The molecule has 0 aliphatic heterocycles. The van der Waals surface area contributed by atoms with Crippen LogP contribution in [0.15, 0.2) is 24.3 Å². The Labute approximate surface area is 118 Å². The Morgan fingerprint density at radius 1 is 1.25 bits per heavy atom. The number of hydrogen-bond donors (Lipinski definition) is 0. The van der Waals surface area contributed by atoms with Gasteiger partial charge < -0.3 is 9.47 Å². The molecule has 1 aromatic carbocycles. The lowest BCUT2D eigenvalue weighted by Gasteiger charge is -2.08. The largest absolute Gasteiger partial charge is 0.494 e. The standard InChI is InChI=1S/C15H18N2O3/c1-4-9-19-12-5-7-13(8-6-12)20-15-14(10-18)11(2)16-17(15)3/h5-8,10H,4,9H2,1-3H3. The number of benzene rings is 1. The average Bonchev–Trinajstić information content (AvgIpc) is 2.72. The minimum absolute atomic E-state index is 0.444. The Bertz CT molecular complexity index is 588. The van der Waals surface area contributed by atoms with E-state index in [1.807, 2.05) is 24.3 Å². The number of hydrogen-bond acceptors (Lipinski definition) is 4. The molecule has 2 rings (SSSR count). The Kier molecular flexibility index (Phi) is 4.40. The van der Waals surface area contributed by atoms with Gasteiger partial charge in [0.25, 0.3) is 0 Å². The zero-order valence-corrected chi connectivity index (χ0v) is 11.9. The third kappa shape index (κ3) is 2.99. The second-order valence-electron chi connectivity index (χ2n) is 4.47. The summed E-state index contributed by atoms with van der Waals surface area (Å²) in [5.74, 6) is 1.88. The van der Waals surface area contributed by atoms with Crippen LogP contribution in [0.5, 0.6) is 17.4 Å². The summed E-state index contributed by atoms with van der Waals surface area (Å²) in [7, 11) is 1.74. The van der Waals surface area contributed by atoms with E-state index in [2.05, 4.69) is 12.0 Å². The minimum Gasteiger partial charge on any atom is -0.494 e. The van der Waals surface area contributed by atoms with Gasteiger partial charge in [0.15, 0.2) is 6.29 Å². The van der Waals surface area contributed by atoms with Crippen LogP contribution in [0.1, 0.15) is 29.4 Å². The van der Waals surface area contributed by atoms with Gasteiger partial charge >= 0.3 is 0 Å². The molecule has 0 saturated heterocycles. The Hall–Kier alpha value is -2.30. The average molecular weight is 274 g/mol. The number of aromatic nitrogens is 2. The minimum atomic E-state index is 0.444. The zero-order valence-electron chi connectivity index (χ0n) is 11.9. The Balaban J connectivity index is 2.16. The third-order valence-corrected chi connectivity index (χ3v) is 2.84. The van der Waals surface area contributed by atoms with E-state index in [-0.39, 0.29) is 0 Å². The second kappa shape index (κ2) is 6.23. The molecule has 5 nitrogen and oxygen atoms in total. The summed E-state index contributed by atoms with van der Waals surface area (Å²) >= 11 is 0. The first-order valence-corrected chi connectivity index (χ1v) is 6.55. The van der Waals surface area contributed by atoms with E-state index in [9.17, 15) is 4.79 Å². The first-order chi connectivity index (χ1) is 9.65. The van der Waals surface area contributed by atoms with E-state index >= 15 is 0 Å². The van der Waals surface area contributed by atoms with Gasteiger partial charge in [0.2, 0.25) is 5.88 Å². The molecular formula is C15H18N2O3. The van der Waals surface area contributed by atoms with Crippen LogP contribution in [0.3, 0.4) is 0 Å². The maximum atomic E-state index is 11.1. The lowest BCUT2D eigenvalue weighted by Crippen LogP contribution is -1.97. The molecule has 106 valence electrons. The van der Waals surface area contributed by atoms with Crippen LogP contribution in [0, 0.1) is 6.92 Å². The van der Waals surface area contributed by atoms with Gasteiger partial charge in [0.1, 0.15) is 11.5 Å². The molecule has 1 aromatic heterocycles. The maximum absolute atomic E-state index is 11.1. The van der Waals surface area contributed by atoms with Crippen LogP contribution in [0.25, 0.3) is 0 Å². The smallest absolute Gasteiger partial charge is 0.228 e. The van der Waals surface area contributed by atoms with E-state index in [4.69, 9.17) is 9.47 Å². The monoisotopic (exact) mass is 274 g/mol. The Morgan fingerprint density at radius 3 is 2.50 bits per heavy atom. The third-order valence-electron chi connectivity index (χ3n) is 2.84. The molecule has 0 amide bonds. The molecule has 5 heteroatoms. The van der Waals surface area contributed by atoms with E-state index in [0.29, 0.717) is 29.5 Å². The van der Waals surface area contributed by atoms with Gasteiger partial charge in [-0.1, -0.05) is 6.92 Å². The fourth-order valence-electron chi connectivity index (χ4n) is 1.85. The van der Waals surface area contributed by atoms with Gasteiger partial charge in [-0.2, -0.15) is 5.10 Å². The molecule has 0 unspecified atom stereocenters. The molecule has 0 N–H and O–H groups in total. The van der Waals surface area contributed by atoms with E-state index in [0.717, 1.165) is 18.5 Å². The van der Waals surface area contributed by atoms with Crippen molar-refractivity contribution in [3.63, 3.8) is 0 Å². The van der Waals surface area contributed by atoms with Crippen molar-refractivity contribution in [2.75, 3.05) is 6.61 Å². The maximum Gasteiger partial charge on any atom is 0.228 e. The molecule has 0 bridgehead atoms. The number of nitrogens with zero attached hydrogens (tertiary/aromatic N) is 2. The van der Waals surface area contributed by atoms with Crippen LogP contribution in [-0.2, 0) is 7.05 Å². The van der Waals surface area contributed by atoms with Crippen molar-refractivity contribution in [3.05, 3.63) is 35.5 Å². The van der Waals surface area contributed by atoms with Gasteiger partial charge in [-0.05, 0) is 37.6 Å². The van der Waals surface area contributed by atoms with Crippen molar-refractivity contribution in [1.82, 2.24) is 9.78 Å². The van der Waals surface area contributed by atoms with Crippen LogP contribution in [0.4, 0.5) is 0 Å². The molecule has 0 fully saturated rings. The van der Waals surface area contributed by atoms with Crippen molar-refractivity contribution < 1.29 is 14.3 Å². The highest BCUT2D eigenvalue weighted by atomic mass is 16.5. The highest BCUT2D eigenvalue weighted by Gasteiger charge is 2.14. The number of rotatable bonds is 6. The number of carbonyl (C=O) groups is 1. The molecule has 20 heavy (non-hydrogen) atoms. The number of carbonyl (C=O) groups excluding carboxylic acids is 1. The Morgan fingerprint density at radius 2 is 1.90 bits per heavy atom. The lowest BCUT2D eigenvalue weighted by atomic mass is 10.3. The predicted molar refractivity (Wildman–Crippen MR) is 75.6 cm³/mol. The summed E-state index contributed by atoms with van der Waals surface area (Å²) in [6.07, 6.45) is 1.73. The van der Waals surface area contributed by atoms with Gasteiger partial charge in [0, 0.05) is 7.05 Å². The fourth-order valence-corrected chi connectivity index (χ4v) is 1.85. The zero-order chi connectivity index (χ0) is 14.5. The van der Waals surface area contributed by atoms with Gasteiger partial charge in [-0.15, -0.1) is 0 Å². The van der Waals surface area contributed by atoms with Crippen molar-refractivity contribution >= 4 is 6.29 Å². The van der Waals surface area contributed by atoms with Crippen molar-refractivity contribution in [2.24, 2.45) is 7.05 Å². The molecule has 0 spiro atoms. The second-order valence-corrected chi connectivity index (χ2v) is 4.47. The summed E-state index contributed by atoms with van der Waals surface area (Å²) in [5.41, 5.74) is 1.12. The highest BCUT2D eigenvalue weighted by molar-refractivity contribution is 5.80. The molecule has 2 aromatic rings. The van der Waals surface area contributed by atoms with Crippen LogP contribution in [-0.4, -0.2) is 22.7 Å². The van der Waals surface area contributed by atoms with E-state index < -0.39 is 0 Å².